The molecule has 0 saturated heterocycles. The Bertz CT molecular complexity index is 1030. The lowest BCUT2D eigenvalue weighted by Crippen LogP contribution is -2.14. The van der Waals surface area contributed by atoms with Crippen LogP contribution in [-0.4, -0.2) is 28.0 Å². The van der Waals surface area contributed by atoms with Gasteiger partial charge in [-0.15, -0.1) is 0 Å². The Kier molecular flexibility index (Phi) is 5.12. The van der Waals surface area contributed by atoms with Gasteiger partial charge in [-0.3, -0.25) is 4.79 Å². The lowest BCUT2D eigenvalue weighted by atomic mass is 9.93. The molecule has 0 aliphatic heterocycles. The van der Waals surface area contributed by atoms with Crippen LogP contribution in [0.3, 0.4) is 0 Å². The summed E-state index contributed by atoms with van der Waals surface area (Å²) in [6.07, 6.45) is -3.17. The summed E-state index contributed by atoms with van der Waals surface area (Å²) in [7, 11) is 1.33. The minimum Gasteiger partial charge on any atom is -0.493 e. The second-order valence-electron chi connectivity index (χ2n) is 7.32. The topological polar surface area (TPSA) is 82.2 Å². The van der Waals surface area contributed by atoms with Crippen molar-refractivity contribution in [1.82, 2.24) is 14.9 Å². The number of alkyl halides is 3. The van der Waals surface area contributed by atoms with Crippen LogP contribution in [0.1, 0.15) is 42.6 Å². The van der Waals surface area contributed by atoms with Crippen molar-refractivity contribution in [2.75, 3.05) is 12.4 Å². The van der Waals surface area contributed by atoms with Crippen LogP contribution in [0.25, 0.3) is 5.69 Å². The number of aromatic nitrogens is 3. The molecule has 1 aromatic carbocycles. The summed E-state index contributed by atoms with van der Waals surface area (Å²) in [5.74, 6) is 0.227. The predicted molar refractivity (Wildman–Crippen MR) is 98.3 cm³/mol. The highest BCUT2D eigenvalue weighted by atomic mass is 19.4. The van der Waals surface area contributed by atoms with Gasteiger partial charge in [0.05, 0.1) is 24.6 Å². The van der Waals surface area contributed by atoms with Crippen molar-refractivity contribution in [3.05, 3.63) is 53.5 Å². The number of carbonyl (C=O) groups is 1. The van der Waals surface area contributed by atoms with Crippen LogP contribution in [0.5, 0.6) is 5.75 Å². The van der Waals surface area contributed by atoms with Crippen molar-refractivity contribution in [2.45, 2.75) is 32.4 Å². The standard InChI is InChI=1S/C19H19F3N4O3/c1-18(2,3)14-9-15(25-29-14)23-17(27)16-13(28-4)10-26(24-16)12-7-5-6-11(8-12)19(20,21)22/h5-10H,1-4H3,(H,23,25,27). The minimum atomic E-state index is -4.49. The highest BCUT2D eigenvalue weighted by Crippen LogP contribution is 2.31. The van der Waals surface area contributed by atoms with E-state index in [4.69, 9.17) is 9.26 Å². The molecular formula is C19H19F3N4O3. The Balaban J connectivity index is 1.88. The molecule has 3 aromatic rings. The highest BCUT2D eigenvalue weighted by molar-refractivity contribution is 6.04. The van der Waals surface area contributed by atoms with Crippen molar-refractivity contribution in [1.29, 1.82) is 0 Å². The smallest absolute Gasteiger partial charge is 0.416 e. The first-order valence-corrected chi connectivity index (χ1v) is 8.59. The van der Waals surface area contributed by atoms with Crippen LogP contribution in [0, 0.1) is 0 Å². The molecule has 0 radical (unpaired) electrons. The fourth-order valence-electron chi connectivity index (χ4n) is 2.48. The lowest BCUT2D eigenvalue weighted by Gasteiger charge is -2.11. The van der Waals surface area contributed by atoms with Crippen LogP contribution in [-0.2, 0) is 11.6 Å². The third kappa shape index (κ3) is 4.41. The summed E-state index contributed by atoms with van der Waals surface area (Å²) in [5.41, 5.74) is -1.09. The Labute approximate surface area is 164 Å². The van der Waals surface area contributed by atoms with E-state index in [1.54, 1.807) is 6.07 Å². The zero-order valence-corrected chi connectivity index (χ0v) is 16.2. The van der Waals surface area contributed by atoms with Gasteiger partial charge in [0, 0.05) is 11.5 Å². The number of hydrogen-bond donors (Lipinski definition) is 1. The highest BCUT2D eigenvalue weighted by Gasteiger charge is 2.31. The molecule has 29 heavy (non-hydrogen) atoms. The summed E-state index contributed by atoms with van der Waals surface area (Å²) >= 11 is 0. The van der Waals surface area contributed by atoms with Crippen LogP contribution in [0.4, 0.5) is 19.0 Å². The maximum Gasteiger partial charge on any atom is 0.416 e. The first-order valence-electron chi connectivity index (χ1n) is 8.59. The van der Waals surface area contributed by atoms with Gasteiger partial charge in [-0.2, -0.15) is 18.3 Å². The molecule has 0 atom stereocenters. The average molecular weight is 408 g/mol. The van der Waals surface area contributed by atoms with Crippen LogP contribution >= 0.6 is 0 Å². The maximum absolute atomic E-state index is 13.0. The van der Waals surface area contributed by atoms with Crippen LogP contribution in [0.15, 0.2) is 41.1 Å². The Morgan fingerprint density at radius 1 is 1.21 bits per heavy atom. The third-order valence-corrected chi connectivity index (χ3v) is 4.04. The van der Waals surface area contributed by atoms with Crippen molar-refractivity contribution in [3.8, 4) is 11.4 Å². The fraction of sp³-hybridized carbons (Fsp3) is 0.316. The monoisotopic (exact) mass is 408 g/mol. The number of amides is 1. The van der Waals surface area contributed by atoms with Crippen molar-refractivity contribution < 1.29 is 27.2 Å². The van der Waals surface area contributed by atoms with Crippen molar-refractivity contribution in [3.63, 3.8) is 0 Å². The van der Waals surface area contributed by atoms with Crippen molar-refractivity contribution >= 4 is 11.7 Å². The van der Waals surface area contributed by atoms with E-state index in [-0.39, 0.29) is 28.4 Å². The molecule has 0 fully saturated rings. The van der Waals surface area contributed by atoms with Gasteiger partial charge in [0.1, 0.15) is 5.76 Å². The first kappa shape index (κ1) is 20.4. The van der Waals surface area contributed by atoms with Gasteiger partial charge in [-0.05, 0) is 18.2 Å². The van der Waals surface area contributed by atoms with E-state index < -0.39 is 17.6 Å². The summed E-state index contributed by atoms with van der Waals surface area (Å²) in [4.78, 5) is 12.6. The van der Waals surface area contributed by atoms with Gasteiger partial charge in [-0.1, -0.05) is 32.0 Å². The van der Waals surface area contributed by atoms with Gasteiger partial charge in [0.2, 0.25) is 0 Å². The van der Waals surface area contributed by atoms with E-state index in [0.717, 1.165) is 16.8 Å². The third-order valence-electron chi connectivity index (χ3n) is 4.04. The first-order chi connectivity index (χ1) is 13.5. The summed E-state index contributed by atoms with van der Waals surface area (Å²) in [6, 6.07) is 6.18. The second-order valence-corrected chi connectivity index (χ2v) is 7.32. The van der Waals surface area contributed by atoms with Gasteiger partial charge in [0.15, 0.2) is 17.3 Å². The molecular weight excluding hydrogens is 389 g/mol. The Morgan fingerprint density at radius 2 is 1.93 bits per heavy atom. The SMILES string of the molecule is COc1cn(-c2cccc(C(F)(F)F)c2)nc1C(=O)Nc1cc(C(C)(C)C)on1. The number of anilines is 1. The molecule has 0 saturated carbocycles. The maximum atomic E-state index is 13.0. The number of halogens is 3. The molecule has 0 aliphatic rings. The molecule has 154 valence electrons. The number of methoxy groups -OCH3 is 1. The van der Waals surface area contributed by atoms with E-state index in [9.17, 15) is 18.0 Å². The number of hydrogen-bond acceptors (Lipinski definition) is 5. The van der Waals surface area contributed by atoms with Gasteiger partial charge in [0.25, 0.3) is 5.91 Å². The summed E-state index contributed by atoms with van der Waals surface area (Å²) in [6.45, 7) is 5.79. The molecule has 3 rings (SSSR count). The molecule has 0 spiro atoms. The summed E-state index contributed by atoms with van der Waals surface area (Å²) < 4.78 is 50.4. The number of nitrogens with zero attached hydrogens (tertiary/aromatic N) is 3. The number of rotatable bonds is 4. The molecule has 2 heterocycles. The Hall–Kier alpha value is -3.30. The lowest BCUT2D eigenvalue weighted by molar-refractivity contribution is -0.137. The zero-order valence-electron chi connectivity index (χ0n) is 16.2. The minimum absolute atomic E-state index is 0.0967. The van der Waals surface area contributed by atoms with Gasteiger partial charge >= 0.3 is 6.18 Å². The van der Waals surface area contributed by atoms with E-state index in [1.165, 1.54) is 25.4 Å². The van der Waals surface area contributed by atoms with Crippen molar-refractivity contribution in [2.24, 2.45) is 0 Å². The Morgan fingerprint density at radius 3 is 2.52 bits per heavy atom. The molecule has 0 unspecified atom stereocenters. The number of carbonyl (C=O) groups excluding carboxylic acids is 1. The normalized spacial score (nSPS) is 12.1. The average Bonchev–Trinajstić information content (AvgIpc) is 3.27. The molecule has 0 bridgehead atoms. The quantitative estimate of drug-likeness (QED) is 0.690. The van der Waals surface area contributed by atoms with E-state index in [2.05, 4.69) is 15.6 Å². The van der Waals surface area contributed by atoms with E-state index in [0.29, 0.717) is 5.76 Å². The molecule has 1 amide bonds. The largest absolute Gasteiger partial charge is 0.493 e. The van der Waals surface area contributed by atoms with E-state index in [1.807, 2.05) is 20.8 Å². The van der Waals surface area contributed by atoms with Crippen LogP contribution in [0.2, 0.25) is 0 Å². The summed E-state index contributed by atoms with van der Waals surface area (Å²) in [5, 5.41) is 10.4. The second kappa shape index (κ2) is 7.26. The number of benzene rings is 1. The fourth-order valence-corrected chi connectivity index (χ4v) is 2.48. The number of nitrogens with one attached hydrogen (secondary N) is 1. The molecule has 10 heteroatoms. The number of ether oxygens (including phenoxy) is 1. The molecule has 7 nitrogen and oxygen atoms in total. The zero-order chi connectivity index (χ0) is 21.4. The van der Waals surface area contributed by atoms with Gasteiger partial charge in [-0.25, -0.2) is 4.68 Å². The predicted octanol–water partition coefficient (Wildman–Crippen LogP) is 4.44. The van der Waals surface area contributed by atoms with Gasteiger partial charge < -0.3 is 14.6 Å². The molecule has 0 aliphatic carbocycles. The van der Waals surface area contributed by atoms with Crippen LogP contribution < -0.4 is 10.1 Å². The molecule has 1 N–H and O–H groups in total. The molecule has 2 aromatic heterocycles. The van der Waals surface area contributed by atoms with E-state index >= 15 is 0 Å².